The van der Waals surface area contributed by atoms with E-state index in [9.17, 15) is 9.59 Å². The monoisotopic (exact) mass is 268 g/mol. The van der Waals surface area contributed by atoms with Crippen LogP contribution in [0.5, 0.6) is 0 Å². The van der Waals surface area contributed by atoms with Crippen molar-refractivity contribution in [3.63, 3.8) is 0 Å². The minimum Gasteiger partial charge on any atom is -0.459 e. The normalized spacial score (nSPS) is 14.9. The highest BCUT2D eigenvalue weighted by Crippen LogP contribution is 2.17. The lowest BCUT2D eigenvalue weighted by Crippen LogP contribution is -2.56. The van der Waals surface area contributed by atoms with Crippen LogP contribution in [0.4, 0.5) is 10.5 Å². The number of urea groups is 1. The lowest BCUT2D eigenvalue weighted by molar-refractivity contribution is -0.152. The highest BCUT2D eigenvalue weighted by molar-refractivity contribution is 6.30. The van der Waals surface area contributed by atoms with Crippen molar-refractivity contribution >= 4 is 29.3 Å². The third kappa shape index (κ3) is 3.13. The summed E-state index contributed by atoms with van der Waals surface area (Å²) in [6, 6.07) is 6.65. The molecule has 2 rings (SSSR count). The first kappa shape index (κ1) is 12.7. The van der Waals surface area contributed by atoms with Crippen LogP contribution in [0.25, 0.3) is 0 Å². The average Bonchev–Trinajstić information content (AvgIpc) is 2.25. The minimum absolute atomic E-state index is 0.182. The number of anilines is 1. The molecule has 0 radical (unpaired) electrons. The van der Waals surface area contributed by atoms with Crippen LogP contribution in [0.15, 0.2) is 24.3 Å². The lowest BCUT2D eigenvalue weighted by Gasteiger charge is -2.37. The molecule has 1 aromatic rings. The fourth-order valence-corrected chi connectivity index (χ4v) is 1.77. The number of nitrogens with zero attached hydrogens (tertiary/aromatic N) is 1. The Bertz CT molecular complexity index is 455. The van der Waals surface area contributed by atoms with Gasteiger partial charge in [-0.1, -0.05) is 11.6 Å². The highest BCUT2D eigenvalue weighted by atomic mass is 35.5. The van der Waals surface area contributed by atoms with E-state index in [1.807, 2.05) is 0 Å². The van der Waals surface area contributed by atoms with E-state index in [2.05, 4.69) is 5.32 Å². The molecule has 1 heterocycles. The van der Waals surface area contributed by atoms with E-state index < -0.39 is 0 Å². The van der Waals surface area contributed by atoms with Gasteiger partial charge in [-0.3, -0.25) is 4.79 Å². The number of hydrogen-bond acceptors (Lipinski definition) is 3. The molecule has 1 N–H and O–H groups in total. The van der Waals surface area contributed by atoms with Crippen molar-refractivity contribution in [3.05, 3.63) is 29.3 Å². The van der Waals surface area contributed by atoms with E-state index in [4.69, 9.17) is 16.3 Å². The number of carbonyl (C=O) groups is 2. The molecule has 0 spiro atoms. The Balaban J connectivity index is 1.80. The maximum Gasteiger partial charge on any atom is 0.322 e. The largest absolute Gasteiger partial charge is 0.459 e. The maximum absolute atomic E-state index is 11.8. The zero-order chi connectivity index (χ0) is 13.1. The predicted molar refractivity (Wildman–Crippen MR) is 67.6 cm³/mol. The van der Waals surface area contributed by atoms with Crippen molar-refractivity contribution < 1.29 is 14.3 Å². The molecule has 0 aliphatic carbocycles. The van der Waals surface area contributed by atoms with Crippen LogP contribution in [-0.2, 0) is 9.53 Å². The van der Waals surface area contributed by atoms with Gasteiger partial charge in [0.25, 0.3) is 0 Å². The second-order valence-corrected chi connectivity index (χ2v) is 4.51. The van der Waals surface area contributed by atoms with Crippen LogP contribution in [0.3, 0.4) is 0 Å². The fraction of sp³-hybridized carbons (Fsp3) is 0.333. The van der Waals surface area contributed by atoms with E-state index >= 15 is 0 Å². The summed E-state index contributed by atoms with van der Waals surface area (Å²) >= 11 is 5.75. The molecule has 1 saturated heterocycles. The number of amides is 2. The van der Waals surface area contributed by atoms with Crippen LogP contribution in [0.1, 0.15) is 6.92 Å². The van der Waals surface area contributed by atoms with Crippen LogP contribution >= 0.6 is 11.6 Å². The SMILES string of the molecule is CC(=O)OC1CN(C(=O)Nc2ccc(Cl)cc2)C1. The Morgan fingerprint density at radius 3 is 2.50 bits per heavy atom. The molecule has 6 heteroatoms. The lowest BCUT2D eigenvalue weighted by atomic mass is 10.2. The number of nitrogens with one attached hydrogen (secondary N) is 1. The van der Waals surface area contributed by atoms with Gasteiger partial charge in [0.1, 0.15) is 6.10 Å². The number of rotatable bonds is 2. The zero-order valence-corrected chi connectivity index (χ0v) is 10.6. The summed E-state index contributed by atoms with van der Waals surface area (Å²) in [5, 5.41) is 3.35. The molecule has 18 heavy (non-hydrogen) atoms. The number of halogens is 1. The van der Waals surface area contributed by atoms with Crippen molar-refractivity contribution in [1.82, 2.24) is 4.90 Å². The third-order valence-electron chi connectivity index (χ3n) is 2.56. The number of likely N-dealkylation sites (tertiary alicyclic amines) is 1. The molecule has 2 amide bonds. The predicted octanol–water partition coefficient (Wildman–Crippen LogP) is 2.12. The Kier molecular flexibility index (Phi) is 3.72. The van der Waals surface area contributed by atoms with Crippen LogP contribution in [-0.4, -0.2) is 36.1 Å². The van der Waals surface area contributed by atoms with Crippen LogP contribution in [0, 0.1) is 0 Å². The number of benzene rings is 1. The van der Waals surface area contributed by atoms with Gasteiger partial charge in [-0.2, -0.15) is 0 Å². The molecular weight excluding hydrogens is 256 g/mol. The summed E-state index contributed by atoms with van der Waals surface area (Å²) in [5.74, 6) is -0.322. The molecule has 1 aliphatic rings. The molecule has 0 aromatic heterocycles. The summed E-state index contributed by atoms with van der Waals surface area (Å²) in [7, 11) is 0. The second kappa shape index (κ2) is 5.27. The summed E-state index contributed by atoms with van der Waals surface area (Å²) in [4.78, 5) is 24.0. The molecule has 1 aromatic carbocycles. The van der Waals surface area contributed by atoms with Gasteiger partial charge in [-0.25, -0.2) is 4.79 Å². The quantitative estimate of drug-likeness (QED) is 0.836. The maximum atomic E-state index is 11.8. The molecule has 96 valence electrons. The number of ether oxygens (including phenoxy) is 1. The smallest absolute Gasteiger partial charge is 0.322 e. The number of esters is 1. The van der Waals surface area contributed by atoms with Gasteiger partial charge in [0.2, 0.25) is 0 Å². The summed E-state index contributed by atoms with van der Waals surface area (Å²) in [5.41, 5.74) is 0.681. The minimum atomic E-state index is -0.322. The van der Waals surface area contributed by atoms with Crippen molar-refractivity contribution in [1.29, 1.82) is 0 Å². The number of hydrogen-bond donors (Lipinski definition) is 1. The van der Waals surface area contributed by atoms with E-state index in [1.165, 1.54) is 6.92 Å². The van der Waals surface area contributed by atoms with Crippen molar-refractivity contribution in [2.75, 3.05) is 18.4 Å². The summed E-state index contributed by atoms with van der Waals surface area (Å²) in [6.45, 7) is 2.22. The molecule has 0 unspecified atom stereocenters. The van der Waals surface area contributed by atoms with Crippen LogP contribution < -0.4 is 5.32 Å². The average molecular weight is 269 g/mol. The first-order chi connectivity index (χ1) is 8.54. The van der Waals surface area contributed by atoms with Crippen molar-refractivity contribution in [2.45, 2.75) is 13.0 Å². The van der Waals surface area contributed by atoms with Gasteiger partial charge in [0.15, 0.2) is 0 Å². The Morgan fingerprint density at radius 2 is 1.94 bits per heavy atom. The molecular formula is C12H13ClN2O3. The molecule has 0 atom stereocenters. The van der Waals surface area contributed by atoms with Gasteiger partial charge in [0, 0.05) is 17.6 Å². The van der Waals surface area contributed by atoms with Gasteiger partial charge >= 0.3 is 12.0 Å². The topological polar surface area (TPSA) is 58.6 Å². The fourth-order valence-electron chi connectivity index (χ4n) is 1.65. The molecule has 5 nitrogen and oxygen atoms in total. The molecule has 1 fully saturated rings. The first-order valence-corrected chi connectivity index (χ1v) is 5.91. The Labute approximate surface area is 110 Å². The standard InChI is InChI=1S/C12H13ClN2O3/c1-8(16)18-11-6-15(7-11)12(17)14-10-4-2-9(13)3-5-10/h2-5,11H,6-7H2,1H3,(H,14,17). The van der Waals surface area contributed by atoms with E-state index in [1.54, 1.807) is 29.2 Å². The van der Waals surface area contributed by atoms with E-state index in [-0.39, 0.29) is 18.1 Å². The zero-order valence-electron chi connectivity index (χ0n) is 9.85. The highest BCUT2D eigenvalue weighted by Gasteiger charge is 2.32. The van der Waals surface area contributed by atoms with Crippen molar-refractivity contribution in [2.24, 2.45) is 0 Å². The van der Waals surface area contributed by atoms with Crippen molar-refractivity contribution in [3.8, 4) is 0 Å². The second-order valence-electron chi connectivity index (χ2n) is 4.07. The van der Waals surface area contributed by atoms with Gasteiger partial charge in [-0.15, -0.1) is 0 Å². The Morgan fingerprint density at radius 1 is 1.33 bits per heavy atom. The van der Waals surface area contributed by atoms with Gasteiger partial charge in [0.05, 0.1) is 13.1 Å². The van der Waals surface area contributed by atoms with Gasteiger partial charge in [-0.05, 0) is 24.3 Å². The van der Waals surface area contributed by atoms with E-state index in [0.29, 0.717) is 23.8 Å². The van der Waals surface area contributed by atoms with E-state index in [0.717, 1.165) is 0 Å². The first-order valence-electron chi connectivity index (χ1n) is 5.53. The molecule has 0 saturated carbocycles. The summed E-state index contributed by atoms with van der Waals surface area (Å²) < 4.78 is 4.95. The third-order valence-corrected chi connectivity index (χ3v) is 2.82. The van der Waals surface area contributed by atoms with Crippen LogP contribution in [0.2, 0.25) is 5.02 Å². The number of carbonyl (C=O) groups excluding carboxylic acids is 2. The Hall–Kier alpha value is -1.75. The van der Waals surface area contributed by atoms with Gasteiger partial charge < -0.3 is 15.0 Å². The molecule has 0 bridgehead atoms. The summed E-state index contributed by atoms with van der Waals surface area (Å²) in [6.07, 6.45) is -0.182. The molecule has 1 aliphatic heterocycles.